The van der Waals surface area contributed by atoms with Crippen molar-refractivity contribution in [3.8, 4) is 6.07 Å². The second-order valence-corrected chi connectivity index (χ2v) is 3.88. The summed E-state index contributed by atoms with van der Waals surface area (Å²) in [4.78, 5) is 10.7. The Morgan fingerprint density at radius 3 is 2.54 bits per heavy atom. The van der Waals surface area contributed by atoms with Crippen molar-refractivity contribution in [2.24, 2.45) is 0 Å². The molecule has 66 valence electrons. The Morgan fingerprint density at radius 1 is 1.46 bits per heavy atom. The van der Waals surface area contributed by atoms with Crippen LogP contribution in [0, 0.1) is 11.3 Å². The molecule has 0 saturated carbocycles. The SMILES string of the molecule is N#Cc1cc(Br)c(Br)c(C(=O)O)c1. The van der Waals surface area contributed by atoms with E-state index in [1.54, 1.807) is 6.07 Å². The maximum absolute atomic E-state index is 10.7. The summed E-state index contributed by atoms with van der Waals surface area (Å²) in [7, 11) is 0. The number of hydrogen-bond acceptors (Lipinski definition) is 2. The Bertz CT molecular complexity index is 409. The lowest BCUT2D eigenvalue weighted by atomic mass is 10.1. The third-order valence-corrected chi connectivity index (χ3v) is 3.40. The standard InChI is InChI=1S/C8H3Br2NO2/c9-6-2-4(3-11)1-5(7(6)10)8(12)13/h1-2H,(H,12,13). The summed E-state index contributed by atoms with van der Waals surface area (Å²) in [5, 5.41) is 17.3. The molecule has 1 rings (SSSR count). The van der Waals surface area contributed by atoms with Crippen molar-refractivity contribution < 1.29 is 9.90 Å². The Hall–Kier alpha value is -0.860. The number of rotatable bonds is 1. The van der Waals surface area contributed by atoms with Crippen LogP contribution in [0.3, 0.4) is 0 Å². The van der Waals surface area contributed by atoms with Gasteiger partial charge >= 0.3 is 5.97 Å². The Kier molecular flexibility index (Phi) is 3.07. The van der Waals surface area contributed by atoms with E-state index in [-0.39, 0.29) is 5.56 Å². The van der Waals surface area contributed by atoms with Gasteiger partial charge in [0, 0.05) is 8.95 Å². The third kappa shape index (κ3) is 2.08. The zero-order chi connectivity index (χ0) is 10.0. The molecule has 0 saturated heterocycles. The van der Waals surface area contributed by atoms with Gasteiger partial charge in [-0.2, -0.15) is 5.26 Å². The number of nitriles is 1. The fourth-order valence-electron chi connectivity index (χ4n) is 0.809. The van der Waals surface area contributed by atoms with E-state index in [0.29, 0.717) is 14.5 Å². The number of halogens is 2. The van der Waals surface area contributed by atoms with Gasteiger partial charge in [0.1, 0.15) is 0 Å². The van der Waals surface area contributed by atoms with E-state index in [4.69, 9.17) is 10.4 Å². The number of carbonyl (C=O) groups is 1. The Morgan fingerprint density at radius 2 is 2.08 bits per heavy atom. The third-order valence-electron chi connectivity index (χ3n) is 1.39. The van der Waals surface area contributed by atoms with Crippen LogP contribution in [0.25, 0.3) is 0 Å². The summed E-state index contributed by atoms with van der Waals surface area (Å²) >= 11 is 6.25. The minimum Gasteiger partial charge on any atom is -0.478 e. The molecule has 0 aromatic heterocycles. The molecule has 13 heavy (non-hydrogen) atoms. The number of carboxylic acids is 1. The number of nitrogens with zero attached hydrogens (tertiary/aromatic N) is 1. The van der Waals surface area contributed by atoms with Gasteiger partial charge in [0.2, 0.25) is 0 Å². The first-order chi connectivity index (χ1) is 6.06. The van der Waals surface area contributed by atoms with Gasteiger partial charge < -0.3 is 5.11 Å². The summed E-state index contributed by atoms with van der Waals surface area (Å²) in [5.74, 6) is -1.07. The highest BCUT2D eigenvalue weighted by Crippen LogP contribution is 2.28. The lowest BCUT2D eigenvalue weighted by Crippen LogP contribution is -1.98. The van der Waals surface area contributed by atoms with Gasteiger partial charge in [0.25, 0.3) is 0 Å². The van der Waals surface area contributed by atoms with E-state index in [0.717, 1.165) is 0 Å². The quantitative estimate of drug-likeness (QED) is 0.868. The molecule has 0 aliphatic carbocycles. The molecule has 0 bridgehead atoms. The van der Waals surface area contributed by atoms with Crippen molar-refractivity contribution in [1.29, 1.82) is 5.26 Å². The molecule has 0 amide bonds. The van der Waals surface area contributed by atoms with Gasteiger partial charge in [-0.1, -0.05) is 0 Å². The fourth-order valence-corrected chi connectivity index (χ4v) is 1.67. The molecule has 0 aliphatic rings. The first-order valence-electron chi connectivity index (χ1n) is 3.18. The van der Waals surface area contributed by atoms with Crippen LogP contribution in [0.2, 0.25) is 0 Å². The zero-order valence-electron chi connectivity index (χ0n) is 6.21. The van der Waals surface area contributed by atoms with E-state index < -0.39 is 5.97 Å². The minimum atomic E-state index is -1.07. The summed E-state index contributed by atoms with van der Waals surface area (Å²) in [6, 6.07) is 4.74. The lowest BCUT2D eigenvalue weighted by Gasteiger charge is -2.01. The molecule has 0 fully saturated rings. The second kappa shape index (κ2) is 3.90. The smallest absolute Gasteiger partial charge is 0.336 e. The van der Waals surface area contributed by atoms with Gasteiger partial charge in [-0.3, -0.25) is 0 Å². The molecule has 0 heterocycles. The molecule has 1 aromatic rings. The molecule has 0 aliphatic heterocycles. The van der Waals surface area contributed by atoms with Crippen molar-refractivity contribution in [3.63, 3.8) is 0 Å². The Labute approximate surface area is 91.2 Å². The monoisotopic (exact) mass is 303 g/mol. The number of carboxylic acid groups (broad SMARTS) is 1. The predicted molar refractivity (Wildman–Crippen MR) is 53.5 cm³/mol. The number of benzene rings is 1. The van der Waals surface area contributed by atoms with Crippen molar-refractivity contribution in [3.05, 3.63) is 32.2 Å². The van der Waals surface area contributed by atoms with E-state index in [2.05, 4.69) is 31.9 Å². The van der Waals surface area contributed by atoms with Crippen LogP contribution in [-0.2, 0) is 0 Å². The molecule has 0 spiro atoms. The zero-order valence-corrected chi connectivity index (χ0v) is 9.39. The molecule has 1 aromatic carbocycles. The molecule has 0 unspecified atom stereocenters. The highest BCUT2D eigenvalue weighted by molar-refractivity contribution is 9.13. The van der Waals surface area contributed by atoms with Crippen LogP contribution in [0.1, 0.15) is 15.9 Å². The van der Waals surface area contributed by atoms with E-state index in [1.165, 1.54) is 6.07 Å². The summed E-state index contributed by atoms with van der Waals surface area (Å²) in [6.45, 7) is 0. The molecular weight excluding hydrogens is 302 g/mol. The van der Waals surface area contributed by atoms with Crippen LogP contribution in [0.5, 0.6) is 0 Å². The topological polar surface area (TPSA) is 61.1 Å². The maximum atomic E-state index is 10.7. The molecule has 5 heteroatoms. The van der Waals surface area contributed by atoms with Gasteiger partial charge in [-0.05, 0) is 44.0 Å². The average molecular weight is 305 g/mol. The van der Waals surface area contributed by atoms with Crippen LogP contribution >= 0.6 is 31.9 Å². The molecular formula is C8H3Br2NO2. The normalized spacial score (nSPS) is 9.31. The van der Waals surface area contributed by atoms with Gasteiger partial charge in [-0.25, -0.2) is 4.79 Å². The highest BCUT2D eigenvalue weighted by atomic mass is 79.9. The second-order valence-electron chi connectivity index (χ2n) is 2.24. The minimum absolute atomic E-state index is 0.0749. The molecule has 0 radical (unpaired) electrons. The highest BCUT2D eigenvalue weighted by Gasteiger charge is 2.12. The molecule has 0 atom stereocenters. The lowest BCUT2D eigenvalue weighted by molar-refractivity contribution is 0.0696. The Balaban J connectivity index is 3.44. The summed E-state index contributed by atoms with van der Waals surface area (Å²) in [5.41, 5.74) is 0.387. The van der Waals surface area contributed by atoms with Crippen LogP contribution in [-0.4, -0.2) is 11.1 Å². The van der Waals surface area contributed by atoms with Gasteiger partial charge in [0.05, 0.1) is 17.2 Å². The van der Waals surface area contributed by atoms with E-state index in [1.807, 2.05) is 6.07 Å². The summed E-state index contributed by atoms with van der Waals surface area (Å²) < 4.78 is 1.00. The fraction of sp³-hybridized carbons (Fsp3) is 0. The predicted octanol–water partition coefficient (Wildman–Crippen LogP) is 2.78. The van der Waals surface area contributed by atoms with E-state index >= 15 is 0 Å². The molecule has 1 N–H and O–H groups in total. The largest absolute Gasteiger partial charge is 0.478 e. The number of aromatic carboxylic acids is 1. The van der Waals surface area contributed by atoms with Gasteiger partial charge in [0.15, 0.2) is 0 Å². The number of hydrogen-bond donors (Lipinski definition) is 1. The first kappa shape index (κ1) is 10.2. The molecule has 3 nitrogen and oxygen atoms in total. The van der Waals surface area contributed by atoms with Crippen LogP contribution in [0.15, 0.2) is 21.1 Å². The van der Waals surface area contributed by atoms with Crippen molar-refractivity contribution in [2.75, 3.05) is 0 Å². The van der Waals surface area contributed by atoms with Crippen LogP contribution < -0.4 is 0 Å². The maximum Gasteiger partial charge on any atom is 0.336 e. The van der Waals surface area contributed by atoms with E-state index in [9.17, 15) is 4.79 Å². The summed E-state index contributed by atoms with van der Waals surface area (Å²) in [6.07, 6.45) is 0. The van der Waals surface area contributed by atoms with Gasteiger partial charge in [-0.15, -0.1) is 0 Å². The van der Waals surface area contributed by atoms with Crippen LogP contribution in [0.4, 0.5) is 0 Å². The van der Waals surface area contributed by atoms with Crippen molar-refractivity contribution in [1.82, 2.24) is 0 Å². The van der Waals surface area contributed by atoms with Crippen molar-refractivity contribution >= 4 is 37.8 Å². The average Bonchev–Trinajstić information content (AvgIpc) is 2.09. The first-order valence-corrected chi connectivity index (χ1v) is 4.77. The van der Waals surface area contributed by atoms with Crippen molar-refractivity contribution in [2.45, 2.75) is 0 Å².